The minimum absolute atomic E-state index is 0.183. The number of carbonyl (C=O) groups is 4. The fourth-order valence-corrected chi connectivity index (χ4v) is 2.25. The van der Waals surface area contributed by atoms with Crippen LogP contribution in [0.25, 0.3) is 0 Å². The van der Waals surface area contributed by atoms with Crippen molar-refractivity contribution in [1.29, 1.82) is 0 Å². The van der Waals surface area contributed by atoms with Gasteiger partial charge >= 0.3 is 11.8 Å². The van der Waals surface area contributed by atoms with Crippen molar-refractivity contribution >= 4 is 45.2 Å². The molecule has 25 heavy (non-hydrogen) atoms. The minimum Gasteiger partial charge on any atom is -0.346 e. The molecule has 0 spiro atoms. The molecule has 0 saturated carbocycles. The lowest BCUT2D eigenvalue weighted by Crippen LogP contribution is -2.46. The Bertz CT molecular complexity index is 676. The topological polar surface area (TPSA) is 116 Å². The standard InChI is InChI=1S/C16H21BrN4O4/c1-9(2)20-16(25)15(24)19-7-13(22)18-8-14(23)21-12-5-4-11(17)6-10(12)3/h4-6,9H,7-8H2,1-3H3,(H,18,22)(H,19,24)(H,20,25)(H,21,23). The third-order valence-electron chi connectivity index (χ3n) is 2.94. The van der Waals surface area contributed by atoms with E-state index in [1.165, 1.54) is 0 Å². The van der Waals surface area contributed by atoms with Crippen LogP contribution in [0.2, 0.25) is 0 Å². The van der Waals surface area contributed by atoms with Gasteiger partial charge in [-0.3, -0.25) is 19.2 Å². The number of hydrogen-bond acceptors (Lipinski definition) is 4. The third-order valence-corrected chi connectivity index (χ3v) is 3.44. The zero-order valence-corrected chi connectivity index (χ0v) is 15.8. The highest BCUT2D eigenvalue weighted by atomic mass is 79.9. The number of aryl methyl sites for hydroxylation is 1. The number of hydrogen-bond donors (Lipinski definition) is 4. The molecule has 8 nitrogen and oxygen atoms in total. The highest BCUT2D eigenvalue weighted by Gasteiger charge is 2.15. The van der Waals surface area contributed by atoms with Crippen molar-refractivity contribution in [3.05, 3.63) is 28.2 Å². The Labute approximate surface area is 154 Å². The highest BCUT2D eigenvalue weighted by Crippen LogP contribution is 2.19. The van der Waals surface area contributed by atoms with Crippen LogP contribution in [0.5, 0.6) is 0 Å². The van der Waals surface area contributed by atoms with Gasteiger partial charge in [0.05, 0.1) is 13.1 Å². The molecule has 0 bridgehead atoms. The molecular weight excluding hydrogens is 392 g/mol. The van der Waals surface area contributed by atoms with E-state index in [0.717, 1.165) is 10.0 Å². The maximum absolute atomic E-state index is 11.8. The molecule has 0 radical (unpaired) electrons. The molecule has 0 saturated heterocycles. The summed E-state index contributed by atoms with van der Waals surface area (Å²) in [4.78, 5) is 46.3. The molecule has 0 aliphatic carbocycles. The Morgan fingerprint density at radius 3 is 2.24 bits per heavy atom. The zero-order valence-electron chi connectivity index (χ0n) is 14.2. The molecular formula is C16H21BrN4O4. The van der Waals surface area contributed by atoms with Crippen LogP contribution in [-0.4, -0.2) is 42.8 Å². The Kier molecular flexibility index (Phi) is 8.06. The first kappa shape index (κ1) is 20.6. The van der Waals surface area contributed by atoms with Gasteiger partial charge in [0, 0.05) is 16.2 Å². The monoisotopic (exact) mass is 412 g/mol. The van der Waals surface area contributed by atoms with Gasteiger partial charge in [0.15, 0.2) is 0 Å². The molecule has 4 N–H and O–H groups in total. The number of nitrogens with one attached hydrogen (secondary N) is 4. The molecule has 0 aromatic heterocycles. The molecule has 0 fully saturated rings. The van der Waals surface area contributed by atoms with E-state index in [9.17, 15) is 19.2 Å². The molecule has 9 heteroatoms. The molecule has 1 rings (SSSR count). The van der Waals surface area contributed by atoms with Crippen LogP contribution in [-0.2, 0) is 19.2 Å². The van der Waals surface area contributed by atoms with Crippen molar-refractivity contribution in [3.8, 4) is 0 Å². The van der Waals surface area contributed by atoms with Gasteiger partial charge in [-0.1, -0.05) is 15.9 Å². The highest BCUT2D eigenvalue weighted by molar-refractivity contribution is 9.10. The van der Waals surface area contributed by atoms with Crippen molar-refractivity contribution in [2.75, 3.05) is 18.4 Å². The molecule has 4 amide bonds. The molecule has 0 heterocycles. The van der Waals surface area contributed by atoms with Gasteiger partial charge in [0.2, 0.25) is 11.8 Å². The predicted octanol–water partition coefficient (Wildman–Crippen LogP) is 0.453. The van der Waals surface area contributed by atoms with E-state index in [1.54, 1.807) is 26.0 Å². The summed E-state index contributed by atoms with van der Waals surface area (Å²) in [5, 5.41) is 9.61. The summed E-state index contributed by atoms with van der Waals surface area (Å²) >= 11 is 3.33. The number of carbonyl (C=O) groups excluding carboxylic acids is 4. The number of anilines is 1. The number of halogens is 1. The summed E-state index contributed by atoms with van der Waals surface area (Å²) < 4.78 is 0.897. The van der Waals surface area contributed by atoms with Crippen molar-refractivity contribution in [1.82, 2.24) is 16.0 Å². The normalized spacial score (nSPS) is 10.1. The van der Waals surface area contributed by atoms with Crippen molar-refractivity contribution in [3.63, 3.8) is 0 Å². The van der Waals surface area contributed by atoms with Gasteiger partial charge in [0.1, 0.15) is 0 Å². The molecule has 0 atom stereocenters. The van der Waals surface area contributed by atoms with Crippen LogP contribution >= 0.6 is 15.9 Å². The van der Waals surface area contributed by atoms with Gasteiger partial charge in [0.25, 0.3) is 0 Å². The Morgan fingerprint density at radius 2 is 1.64 bits per heavy atom. The van der Waals surface area contributed by atoms with Gasteiger partial charge < -0.3 is 21.3 Å². The molecule has 1 aromatic carbocycles. The smallest absolute Gasteiger partial charge is 0.309 e. The van der Waals surface area contributed by atoms with Gasteiger partial charge in [-0.2, -0.15) is 0 Å². The Morgan fingerprint density at radius 1 is 1.00 bits per heavy atom. The maximum atomic E-state index is 11.8. The summed E-state index contributed by atoms with van der Waals surface area (Å²) in [6.07, 6.45) is 0. The van der Waals surface area contributed by atoms with Crippen molar-refractivity contribution in [2.45, 2.75) is 26.8 Å². The van der Waals surface area contributed by atoms with Crippen LogP contribution < -0.4 is 21.3 Å². The summed E-state index contributed by atoms with van der Waals surface area (Å²) in [5.41, 5.74) is 1.51. The fourth-order valence-electron chi connectivity index (χ4n) is 1.77. The van der Waals surface area contributed by atoms with Gasteiger partial charge in [-0.25, -0.2) is 0 Å². The van der Waals surface area contributed by atoms with Crippen molar-refractivity contribution in [2.24, 2.45) is 0 Å². The van der Waals surface area contributed by atoms with Crippen LogP contribution in [0.4, 0.5) is 5.69 Å². The molecule has 1 aromatic rings. The minimum atomic E-state index is -0.904. The van der Waals surface area contributed by atoms with E-state index < -0.39 is 30.2 Å². The van der Waals surface area contributed by atoms with Gasteiger partial charge in [-0.15, -0.1) is 0 Å². The first-order valence-electron chi connectivity index (χ1n) is 7.60. The predicted molar refractivity (Wildman–Crippen MR) is 96.8 cm³/mol. The van der Waals surface area contributed by atoms with E-state index in [2.05, 4.69) is 37.2 Å². The van der Waals surface area contributed by atoms with Gasteiger partial charge in [-0.05, 0) is 44.5 Å². The molecule has 0 aliphatic rings. The summed E-state index contributed by atoms with van der Waals surface area (Å²) in [5.74, 6) is -2.69. The molecule has 136 valence electrons. The lowest BCUT2D eigenvalue weighted by atomic mass is 10.2. The summed E-state index contributed by atoms with van der Waals surface area (Å²) in [6, 6.07) is 5.20. The Balaban J connectivity index is 2.35. The van der Waals surface area contributed by atoms with Crippen LogP contribution in [0.3, 0.4) is 0 Å². The lowest BCUT2D eigenvalue weighted by Gasteiger charge is -2.10. The SMILES string of the molecule is Cc1cc(Br)ccc1NC(=O)CNC(=O)CNC(=O)C(=O)NC(C)C. The average Bonchev–Trinajstić information content (AvgIpc) is 2.52. The van der Waals surface area contributed by atoms with Crippen LogP contribution in [0, 0.1) is 6.92 Å². The molecule has 0 aliphatic heterocycles. The third kappa shape index (κ3) is 7.79. The van der Waals surface area contributed by atoms with Crippen molar-refractivity contribution < 1.29 is 19.2 Å². The Hall–Kier alpha value is -2.42. The largest absolute Gasteiger partial charge is 0.346 e. The second-order valence-electron chi connectivity index (χ2n) is 5.59. The van der Waals surface area contributed by atoms with Crippen LogP contribution in [0.1, 0.15) is 19.4 Å². The average molecular weight is 413 g/mol. The lowest BCUT2D eigenvalue weighted by molar-refractivity contribution is -0.140. The quantitative estimate of drug-likeness (QED) is 0.507. The number of benzene rings is 1. The van der Waals surface area contributed by atoms with E-state index in [0.29, 0.717) is 5.69 Å². The fraction of sp³-hybridized carbons (Fsp3) is 0.375. The number of rotatable bonds is 6. The number of amides is 4. The van der Waals surface area contributed by atoms with Crippen LogP contribution in [0.15, 0.2) is 22.7 Å². The second-order valence-corrected chi connectivity index (χ2v) is 6.51. The zero-order chi connectivity index (χ0) is 19.0. The summed E-state index contributed by atoms with van der Waals surface area (Å²) in [7, 11) is 0. The molecule has 0 unspecified atom stereocenters. The maximum Gasteiger partial charge on any atom is 0.309 e. The van der Waals surface area contributed by atoms with E-state index in [1.807, 2.05) is 13.0 Å². The first-order chi connectivity index (χ1) is 11.7. The second kappa shape index (κ2) is 9.77. The van der Waals surface area contributed by atoms with E-state index in [-0.39, 0.29) is 12.6 Å². The summed E-state index contributed by atoms with van der Waals surface area (Å²) in [6.45, 7) is 4.63. The first-order valence-corrected chi connectivity index (χ1v) is 8.39. The van der Waals surface area contributed by atoms with E-state index in [4.69, 9.17) is 0 Å². The van der Waals surface area contributed by atoms with E-state index >= 15 is 0 Å².